The number of hydrogen-bond donors (Lipinski definition) is 1. The first kappa shape index (κ1) is 14.7. The van der Waals surface area contributed by atoms with Crippen LogP contribution in [0.3, 0.4) is 0 Å². The third-order valence-corrected chi connectivity index (χ3v) is 4.70. The van der Waals surface area contributed by atoms with Crippen molar-refractivity contribution in [3.63, 3.8) is 0 Å². The molecule has 0 heterocycles. The van der Waals surface area contributed by atoms with Crippen molar-refractivity contribution in [2.75, 3.05) is 0 Å². The Morgan fingerprint density at radius 3 is 2.47 bits per heavy atom. The monoisotopic (exact) mass is 312 g/mol. The van der Waals surface area contributed by atoms with Crippen molar-refractivity contribution in [2.45, 2.75) is 23.7 Å². The summed E-state index contributed by atoms with van der Waals surface area (Å²) in [7, 11) is 0. The Bertz CT molecular complexity index is 570. The van der Waals surface area contributed by atoms with Gasteiger partial charge in [0.15, 0.2) is 0 Å². The quantitative estimate of drug-likeness (QED) is 0.769. The van der Waals surface area contributed by atoms with Crippen LogP contribution in [-0.4, -0.2) is 5.11 Å². The number of rotatable bonds is 4. The number of aliphatic hydroxyl groups is 1. The maximum absolute atomic E-state index is 9.50. The van der Waals surface area contributed by atoms with Gasteiger partial charge in [0, 0.05) is 15.7 Å². The molecule has 0 spiro atoms. The van der Waals surface area contributed by atoms with E-state index in [2.05, 4.69) is 0 Å². The Morgan fingerprint density at radius 2 is 1.84 bits per heavy atom. The van der Waals surface area contributed by atoms with Gasteiger partial charge in [0.05, 0.1) is 11.1 Å². The summed E-state index contributed by atoms with van der Waals surface area (Å²) < 4.78 is 0. The first-order chi connectivity index (χ1) is 9.08. The highest BCUT2D eigenvalue weighted by Crippen LogP contribution is 2.33. The highest BCUT2D eigenvalue weighted by molar-refractivity contribution is 7.98. The third kappa shape index (κ3) is 3.90. The van der Waals surface area contributed by atoms with E-state index in [9.17, 15) is 5.11 Å². The fourth-order valence-electron chi connectivity index (χ4n) is 1.66. The van der Waals surface area contributed by atoms with Crippen LogP contribution in [0.2, 0.25) is 10.0 Å². The molecule has 0 saturated heterocycles. The molecule has 1 N–H and O–H groups in total. The molecule has 4 heteroatoms. The van der Waals surface area contributed by atoms with Crippen molar-refractivity contribution in [1.29, 1.82) is 0 Å². The van der Waals surface area contributed by atoms with Gasteiger partial charge in [-0.25, -0.2) is 0 Å². The second-order valence-corrected chi connectivity index (χ2v) is 6.08. The molecule has 0 radical (unpaired) electrons. The predicted octanol–water partition coefficient (Wildman–Crippen LogP) is 5.34. The minimum Gasteiger partial charge on any atom is -0.389 e. The molecule has 1 atom stereocenters. The standard InChI is InChI=1S/C15H14Cl2OS/c1-10(18)11-6-7-15(14(17)8-11)19-9-12-4-2-3-5-13(12)16/h2-8,10,18H,9H2,1H3/t10-/m0/s1. The molecule has 2 aromatic rings. The van der Waals surface area contributed by atoms with Crippen LogP contribution in [0, 0.1) is 0 Å². The van der Waals surface area contributed by atoms with E-state index in [-0.39, 0.29) is 0 Å². The minimum atomic E-state index is -0.500. The van der Waals surface area contributed by atoms with Crippen LogP contribution in [-0.2, 0) is 5.75 Å². The summed E-state index contributed by atoms with van der Waals surface area (Å²) in [5, 5.41) is 10.9. The van der Waals surface area contributed by atoms with Gasteiger partial charge in [-0.15, -0.1) is 11.8 Å². The fraction of sp³-hybridized carbons (Fsp3) is 0.200. The fourth-order valence-corrected chi connectivity index (χ4v) is 3.22. The van der Waals surface area contributed by atoms with E-state index in [4.69, 9.17) is 23.2 Å². The molecule has 0 aromatic heterocycles. The van der Waals surface area contributed by atoms with Crippen LogP contribution >= 0.6 is 35.0 Å². The lowest BCUT2D eigenvalue weighted by molar-refractivity contribution is 0.199. The van der Waals surface area contributed by atoms with Gasteiger partial charge >= 0.3 is 0 Å². The Labute approximate surface area is 127 Å². The van der Waals surface area contributed by atoms with E-state index >= 15 is 0 Å². The summed E-state index contributed by atoms with van der Waals surface area (Å²) in [5.74, 6) is 0.771. The van der Waals surface area contributed by atoms with Crippen LogP contribution < -0.4 is 0 Å². The molecule has 0 aliphatic heterocycles. The molecule has 2 rings (SSSR count). The van der Waals surface area contributed by atoms with Crippen LogP contribution in [0.1, 0.15) is 24.2 Å². The lowest BCUT2D eigenvalue weighted by Gasteiger charge is -2.09. The maximum atomic E-state index is 9.50. The van der Waals surface area contributed by atoms with Crippen LogP contribution in [0.4, 0.5) is 0 Å². The van der Waals surface area contributed by atoms with Gasteiger partial charge in [-0.2, -0.15) is 0 Å². The van der Waals surface area contributed by atoms with Crippen molar-refractivity contribution >= 4 is 35.0 Å². The average Bonchev–Trinajstić information content (AvgIpc) is 2.39. The zero-order chi connectivity index (χ0) is 13.8. The summed E-state index contributed by atoms with van der Waals surface area (Å²) in [6.45, 7) is 1.72. The van der Waals surface area contributed by atoms with Gasteiger partial charge in [0.2, 0.25) is 0 Å². The first-order valence-electron chi connectivity index (χ1n) is 5.91. The topological polar surface area (TPSA) is 20.2 Å². The van der Waals surface area contributed by atoms with Crippen molar-refractivity contribution in [3.8, 4) is 0 Å². The third-order valence-electron chi connectivity index (χ3n) is 2.78. The van der Waals surface area contributed by atoms with Crippen molar-refractivity contribution in [1.82, 2.24) is 0 Å². The van der Waals surface area contributed by atoms with Crippen LogP contribution in [0.25, 0.3) is 0 Å². The predicted molar refractivity (Wildman–Crippen MR) is 83.1 cm³/mol. The van der Waals surface area contributed by atoms with E-state index < -0.39 is 6.10 Å². The first-order valence-corrected chi connectivity index (χ1v) is 7.66. The molecule has 1 nitrogen and oxygen atoms in total. The Kier molecular flexibility index (Phi) is 5.17. The van der Waals surface area contributed by atoms with Crippen molar-refractivity contribution < 1.29 is 5.11 Å². The number of benzene rings is 2. The SMILES string of the molecule is C[C@H](O)c1ccc(SCc2ccccc2Cl)c(Cl)c1. The van der Waals surface area contributed by atoms with E-state index in [0.717, 1.165) is 26.8 Å². The van der Waals surface area contributed by atoms with E-state index in [1.165, 1.54) is 0 Å². The van der Waals surface area contributed by atoms with E-state index in [1.54, 1.807) is 24.8 Å². The van der Waals surface area contributed by atoms with Gasteiger partial charge in [0.25, 0.3) is 0 Å². The van der Waals surface area contributed by atoms with Gasteiger partial charge in [-0.1, -0.05) is 47.5 Å². The number of aliphatic hydroxyl groups excluding tert-OH is 1. The zero-order valence-corrected chi connectivity index (χ0v) is 12.8. The zero-order valence-electron chi connectivity index (χ0n) is 10.4. The summed E-state index contributed by atoms with van der Waals surface area (Å²) in [6.07, 6.45) is -0.500. The number of hydrogen-bond acceptors (Lipinski definition) is 2. The van der Waals surface area contributed by atoms with Crippen LogP contribution in [0.5, 0.6) is 0 Å². The van der Waals surface area contributed by atoms with Gasteiger partial charge in [0.1, 0.15) is 0 Å². The second-order valence-electron chi connectivity index (χ2n) is 4.25. The highest BCUT2D eigenvalue weighted by Gasteiger charge is 2.07. The van der Waals surface area contributed by atoms with Crippen molar-refractivity contribution in [2.24, 2.45) is 0 Å². The van der Waals surface area contributed by atoms with Crippen molar-refractivity contribution in [3.05, 3.63) is 63.6 Å². The summed E-state index contributed by atoms with van der Waals surface area (Å²) in [4.78, 5) is 0.992. The molecular formula is C15H14Cl2OS. The highest BCUT2D eigenvalue weighted by atomic mass is 35.5. The minimum absolute atomic E-state index is 0.500. The molecule has 0 bridgehead atoms. The summed E-state index contributed by atoms with van der Waals surface area (Å²) in [5.41, 5.74) is 1.91. The lowest BCUT2D eigenvalue weighted by atomic mass is 10.1. The van der Waals surface area contributed by atoms with E-state index in [0.29, 0.717) is 5.02 Å². The molecule has 2 aromatic carbocycles. The largest absolute Gasteiger partial charge is 0.389 e. The van der Waals surface area contributed by atoms with Gasteiger partial charge in [-0.05, 0) is 36.2 Å². The Hall–Kier alpha value is -0.670. The summed E-state index contributed by atoms with van der Waals surface area (Å²) >= 11 is 14.0. The molecule has 0 amide bonds. The smallest absolute Gasteiger partial charge is 0.0762 e. The molecule has 0 saturated carbocycles. The van der Waals surface area contributed by atoms with Gasteiger partial charge < -0.3 is 5.11 Å². The average molecular weight is 313 g/mol. The molecule has 19 heavy (non-hydrogen) atoms. The molecular weight excluding hydrogens is 299 g/mol. The molecule has 0 fully saturated rings. The molecule has 100 valence electrons. The Morgan fingerprint density at radius 1 is 1.11 bits per heavy atom. The summed E-state index contributed by atoms with van der Waals surface area (Å²) in [6, 6.07) is 13.4. The van der Waals surface area contributed by atoms with E-state index in [1.807, 2.05) is 36.4 Å². The molecule has 0 aliphatic rings. The van der Waals surface area contributed by atoms with Crippen LogP contribution in [0.15, 0.2) is 47.4 Å². The normalized spacial score (nSPS) is 12.4. The maximum Gasteiger partial charge on any atom is 0.0762 e. The number of halogens is 2. The van der Waals surface area contributed by atoms with Gasteiger partial charge in [-0.3, -0.25) is 0 Å². The Balaban J connectivity index is 2.10. The molecule has 0 aliphatic carbocycles. The molecule has 0 unspecified atom stereocenters. The lowest BCUT2D eigenvalue weighted by Crippen LogP contribution is -1.91. The second kappa shape index (κ2) is 6.67. The number of thioether (sulfide) groups is 1.